The van der Waals surface area contributed by atoms with E-state index in [1.807, 2.05) is 0 Å². The fraction of sp³-hybridized carbons (Fsp3) is 0.143. The van der Waals surface area contributed by atoms with Crippen LogP contribution < -0.4 is 4.72 Å². The predicted molar refractivity (Wildman–Crippen MR) is 78.7 cm³/mol. The second kappa shape index (κ2) is 5.51. The number of benzene rings is 1. The molecule has 3 aromatic rings. The van der Waals surface area contributed by atoms with E-state index in [1.54, 1.807) is 13.8 Å². The van der Waals surface area contributed by atoms with E-state index < -0.39 is 15.8 Å². The van der Waals surface area contributed by atoms with Crippen LogP contribution >= 0.6 is 0 Å². The van der Waals surface area contributed by atoms with Gasteiger partial charge < -0.3 is 8.83 Å². The van der Waals surface area contributed by atoms with Crippen LogP contribution in [-0.4, -0.2) is 18.6 Å². The predicted octanol–water partition coefficient (Wildman–Crippen LogP) is 2.89. The van der Waals surface area contributed by atoms with Gasteiger partial charge in [-0.2, -0.15) is 8.42 Å². The quantitative estimate of drug-likeness (QED) is 0.786. The van der Waals surface area contributed by atoms with Gasteiger partial charge in [-0.15, -0.1) is 10.2 Å². The van der Waals surface area contributed by atoms with Gasteiger partial charge in [0.15, 0.2) is 5.76 Å². The van der Waals surface area contributed by atoms with Crippen molar-refractivity contribution in [1.29, 1.82) is 0 Å². The monoisotopic (exact) mass is 337 g/mol. The minimum Gasteiger partial charge on any atom is -0.438 e. The van der Waals surface area contributed by atoms with E-state index in [1.165, 1.54) is 24.3 Å². The number of aromatic nitrogens is 2. The highest BCUT2D eigenvalue weighted by atomic mass is 32.2. The second-order valence-corrected chi connectivity index (χ2v) is 6.42. The van der Waals surface area contributed by atoms with Gasteiger partial charge in [0, 0.05) is 6.92 Å². The number of furan rings is 1. The van der Waals surface area contributed by atoms with Crippen LogP contribution in [0.1, 0.15) is 11.5 Å². The number of sulfonamides is 1. The molecular formula is C14H12FN3O4S. The van der Waals surface area contributed by atoms with Crippen molar-refractivity contribution >= 4 is 15.7 Å². The Balaban J connectivity index is 1.91. The van der Waals surface area contributed by atoms with E-state index >= 15 is 0 Å². The highest BCUT2D eigenvalue weighted by Crippen LogP contribution is 2.26. The van der Waals surface area contributed by atoms with Crippen LogP contribution in [0.15, 0.2) is 44.3 Å². The molecule has 0 fully saturated rings. The summed E-state index contributed by atoms with van der Waals surface area (Å²) in [6, 6.07) is 6.47. The first-order chi connectivity index (χ1) is 10.8. The third-order valence-electron chi connectivity index (χ3n) is 3.03. The third kappa shape index (κ3) is 3.09. The Morgan fingerprint density at radius 1 is 1.09 bits per heavy atom. The molecule has 0 atom stereocenters. The van der Waals surface area contributed by atoms with Gasteiger partial charge in [0.1, 0.15) is 5.82 Å². The van der Waals surface area contributed by atoms with Gasteiger partial charge in [-0.25, -0.2) is 4.39 Å². The Labute approximate surface area is 131 Å². The number of nitrogens with one attached hydrogen (secondary N) is 1. The van der Waals surface area contributed by atoms with Gasteiger partial charge in [-0.1, -0.05) is 6.07 Å². The van der Waals surface area contributed by atoms with E-state index in [2.05, 4.69) is 14.9 Å². The van der Waals surface area contributed by atoms with Gasteiger partial charge in [0.05, 0.1) is 5.69 Å². The Hall–Kier alpha value is -2.68. The largest absolute Gasteiger partial charge is 0.438 e. The summed E-state index contributed by atoms with van der Waals surface area (Å²) in [6.45, 7) is 3.26. The molecule has 0 spiro atoms. The first-order valence-corrected chi connectivity index (χ1v) is 8.03. The molecule has 120 valence electrons. The fourth-order valence-corrected chi connectivity index (χ4v) is 2.93. The third-order valence-corrected chi connectivity index (χ3v) is 4.26. The number of halogens is 1. The fourth-order valence-electron chi connectivity index (χ4n) is 1.87. The van der Waals surface area contributed by atoms with Gasteiger partial charge >= 0.3 is 0 Å². The molecule has 0 amide bonds. The number of aryl methyl sites for hydroxylation is 2. The summed E-state index contributed by atoms with van der Waals surface area (Å²) in [4.78, 5) is 0. The van der Waals surface area contributed by atoms with Crippen molar-refractivity contribution in [1.82, 2.24) is 10.2 Å². The lowest BCUT2D eigenvalue weighted by Gasteiger charge is -2.08. The summed E-state index contributed by atoms with van der Waals surface area (Å²) in [6.07, 6.45) is 0. The van der Waals surface area contributed by atoms with E-state index in [4.69, 9.17) is 8.83 Å². The summed E-state index contributed by atoms with van der Waals surface area (Å²) in [5.74, 6) is -0.0167. The lowest BCUT2D eigenvalue weighted by atomic mass is 10.2. The molecule has 0 aliphatic heterocycles. The smallest absolute Gasteiger partial charge is 0.295 e. The van der Waals surface area contributed by atoms with Crippen molar-refractivity contribution in [3.05, 3.63) is 47.6 Å². The van der Waals surface area contributed by atoms with Crippen molar-refractivity contribution in [2.75, 3.05) is 4.72 Å². The van der Waals surface area contributed by atoms with Crippen molar-refractivity contribution < 1.29 is 21.6 Å². The second-order valence-electron chi connectivity index (χ2n) is 4.81. The van der Waals surface area contributed by atoms with E-state index in [0.717, 1.165) is 6.07 Å². The van der Waals surface area contributed by atoms with E-state index in [-0.39, 0.29) is 22.4 Å². The molecule has 0 bridgehead atoms. The van der Waals surface area contributed by atoms with Crippen molar-refractivity contribution in [2.24, 2.45) is 0 Å². The number of rotatable bonds is 4. The SMILES string of the molecule is Cc1nnc(-c2ccc(S(=O)(=O)Nc3cc(F)ccc3C)o2)o1. The molecule has 9 heteroatoms. The maximum absolute atomic E-state index is 13.3. The van der Waals surface area contributed by atoms with Crippen LogP contribution in [0.25, 0.3) is 11.7 Å². The maximum Gasteiger partial charge on any atom is 0.295 e. The van der Waals surface area contributed by atoms with E-state index in [9.17, 15) is 12.8 Å². The first kappa shape index (κ1) is 15.2. The molecule has 0 aliphatic rings. The number of hydrogen-bond donors (Lipinski definition) is 1. The molecule has 1 N–H and O–H groups in total. The molecule has 0 saturated carbocycles. The van der Waals surface area contributed by atoms with Crippen LogP contribution in [0.3, 0.4) is 0 Å². The highest BCUT2D eigenvalue weighted by molar-refractivity contribution is 7.92. The summed E-state index contributed by atoms with van der Waals surface area (Å²) < 4.78 is 50.6. The van der Waals surface area contributed by atoms with Gasteiger partial charge in [0.2, 0.25) is 11.0 Å². The van der Waals surface area contributed by atoms with Crippen LogP contribution in [-0.2, 0) is 10.0 Å². The number of hydrogen-bond acceptors (Lipinski definition) is 6. The zero-order valence-corrected chi connectivity index (χ0v) is 13.0. The molecular weight excluding hydrogens is 325 g/mol. The zero-order valence-electron chi connectivity index (χ0n) is 12.2. The topological polar surface area (TPSA) is 98.2 Å². The lowest BCUT2D eigenvalue weighted by molar-refractivity contribution is 0.439. The minimum absolute atomic E-state index is 0.0749. The zero-order chi connectivity index (χ0) is 16.6. The summed E-state index contributed by atoms with van der Waals surface area (Å²) >= 11 is 0. The molecule has 3 rings (SSSR count). The van der Waals surface area contributed by atoms with Gasteiger partial charge in [-0.05, 0) is 36.8 Å². The molecule has 0 radical (unpaired) electrons. The van der Waals surface area contributed by atoms with Crippen LogP contribution in [0.4, 0.5) is 10.1 Å². The summed E-state index contributed by atoms with van der Waals surface area (Å²) in [5.41, 5.74) is 0.714. The van der Waals surface area contributed by atoms with Gasteiger partial charge in [0.25, 0.3) is 15.9 Å². The normalized spacial score (nSPS) is 11.6. The Bertz CT molecular complexity index is 962. The number of nitrogens with zero attached hydrogens (tertiary/aromatic N) is 2. The molecule has 1 aromatic carbocycles. The maximum atomic E-state index is 13.3. The van der Waals surface area contributed by atoms with Crippen molar-refractivity contribution in [2.45, 2.75) is 18.9 Å². The lowest BCUT2D eigenvalue weighted by Crippen LogP contribution is -2.13. The number of anilines is 1. The average Bonchev–Trinajstić information content (AvgIpc) is 3.11. The van der Waals surface area contributed by atoms with E-state index in [0.29, 0.717) is 11.5 Å². The molecule has 0 unspecified atom stereocenters. The Morgan fingerprint density at radius 2 is 1.87 bits per heavy atom. The molecule has 7 nitrogen and oxygen atoms in total. The Morgan fingerprint density at radius 3 is 2.57 bits per heavy atom. The van der Waals surface area contributed by atoms with Crippen LogP contribution in [0.5, 0.6) is 0 Å². The molecule has 23 heavy (non-hydrogen) atoms. The standard InChI is InChI=1S/C14H12FN3O4S/c1-8-3-4-10(15)7-11(8)18-23(19,20)13-6-5-12(22-13)14-17-16-9(2)21-14/h3-7,18H,1-2H3. The van der Waals surface area contributed by atoms with Crippen LogP contribution in [0, 0.1) is 19.7 Å². The minimum atomic E-state index is -4.01. The van der Waals surface area contributed by atoms with Gasteiger partial charge in [-0.3, -0.25) is 4.72 Å². The Kier molecular flexibility index (Phi) is 3.64. The molecule has 2 aromatic heterocycles. The van der Waals surface area contributed by atoms with Crippen molar-refractivity contribution in [3.63, 3.8) is 0 Å². The molecule has 0 saturated heterocycles. The van der Waals surface area contributed by atoms with Crippen molar-refractivity contribution in [3.8, 4) is 11.7 Å². The molecule has 2 heterocycles. The summed E-state index contributed by atoms with van der Waals surface area (Å²) in [7, 11) is -4.01. The average molecular weight is 337 g/mol. The first-order valence-electron chi connectivity index (χ1n) is 6.54. The molecule has 0 aliphatic carbocycles. The summed E-state index contributed by atoms with van der Waals surface area (Å²) in [5, 5.41) is 7.05. The van der Waals surface area contributed by atoms with Crippen LogP contribution in [0.2, 0.25) is 0 Å². The highest BCUT2D eigenvalue weighted by Gasteiger charge is 2.22.